The topological polar surface area (TPSA) is 109 Å². The summed E-state index contributed by atoms with van der Waals surface area (Å²) in [5, 5.41) is 12.4. The van der Waals surface area contributed by atoms with E-state index >= 15 is 0 Å². The van der Waals surface area contributed by atoms with Crippen LogP contribution in [0, 0.1) is 6.92 Å². The summed E-state index contributed by atoms with van der Waals surface area (Å²) in [4.78, 5) is 28.6. The Bertz CT molecular complexity index is 1030. The molecule has 3 aromatic rings. The van der Waals surface area contributed by atoms with Crippen LogP contribution < -0.4 is 15.4 Å². The van der Waals surface area contributed by atoms with Gasteiger partial charge in [0.1, 0.15) is 11.5 Å². The molecule has 0 fully saturated rings. The molecule has 29 heavy (non-hydrogen) atoms. The fourth-order valence-electron chi connectivity index (χ4n) is 3.35. The van der Waals surface area contributed by atoms with Gasteiger partial charge in [0.2, 0.25) is 0 Å². The van der Waals surface area contributed by atoms with Gasteiger partial charge in [-0.1, -0.05) is 0 Å². The molecule has 1 aromatic carbocycles. The SMILES string of the molecule is Cc1cc(NC(=O)C(=O)NC2CCc3cn[nH]c3C2)ccc1Oc1cccnc1. The maximum absolute atomic E-state index is 12.3. The molecule has 0 saturated carbocycles. The van der Waals surface area contributed by atoms with Gasteiger partial charge in [0.05, 0.1) is 12.4 Å². The number of nitrogens with zero attached hydrogens (tertiary/aromatic N) is 2. The van der Waals surface area contributed by atoms with Crippen LogP contribution in [0.15, 0.2) is 48.9 Å². The average Bonchev–Trinajstić information content (AvgIpc) is 3.18. The lowest BCUT2D eigenvalue weighted by atomic mass is 9.94. The van der Waals surface area contributed by atoms with Gasteiger partial charge >= 0.3 is 11.8 Å². The number of ether oxygens (including phenoxy) is 1. The number of pyridine rings is 1. The van der Waals surface area contributed by atoms with Crippen LogP contribution in [0.5, 0.6) is 11.5 Å². The number of aryl methyl sites for hydroxylation is 2. The van der Waals surface area contributed by atoms with Crippen LogP contribution in [0.3, 0.4) is 0 Å². The average molecular weight is 391 g/mol. The number of aromatic amines is 1. The summed E-state index contributed by atoms with van der Waals surface area (Å²) in [7, 11) is 0. The van der Waals surface area contributed by atoms with Crippen LogP contribution in [0.1, 0.15) is 23.2 Å². The summed E-state index contributed by atoms with van der Waals surface area (Å²) in [5.41, 5.74) is 3.54. The van der Waals surface area contributed by atoms with E-state index in [0.29, 0.717) is 23.6 Å². The molecule has 148 valence electrons. The van der Waals surface area contributed by atoms with Gasteiger partial charge in [-0.2, -0.15) is 5.10 Å². The molecule has 2 heterocycles. The van der Waals surface area contributed by atoms with Gasteiger partial charge in [-0.15, -0.1) is 0 Å². The van der Waals surface area contributed by atoms with Crippen LogP contribution >= 0.6 is 0 Å². The number of H-pyrrole nitrogens is 1. The smallest absolute Gasteiger partial charge is 0.313 e. The van der Waals surface area contributed by atoms with Gasteiger partial charge in [-0.05, 0) is 61.2 Å². The molecular weight excluding hydrogens is 370 g/mol. The van der Waals surface area contributed by atoms with Crippen LogP contribution in [-0.2, 0) is 22.4 Å². The van der Waals surface area contributed by atoms with Crippen molar-refractivity contribution in [1.82, 2.24) is 20.5 Å². The number of anilines is 1. The molecule has 0 spiro atoms. The first-order valence-corrected chi connectivity index (χ1v) is 9.40. The number of rotatable bonds is 4. The largest absolute Gasteiger partial charge is 0.455 e. The second-order valence-electron chi connectivity index (χ2n) is 7.01. The van der Waals surface area contributed by atoms with Crippen molar-refractivity contribution in [1.29, 1.82) is 0 Å². The van der Waals surface area contributed by atoms with Crippen molar-refractivity contribution in [3.05, 3.63) is 65.7 Å². The first-order valence-electron chi connectivity index (χ1n) is 9.40. The number of fused-ring (bicyclic) bond motifs is 1. The first kappa shape index (κ1) is 18.7. The van der Waals surface area contributed by atoms with Gasteiger partial charge < -0.3 is 15.4 Å². The molecule has 3 N–H and O–H groups in total. The highest BCUT2D eigenvalue weighted by Crippen LogP contribution is 2.26. The zero-order valence-corrected chi connectivity index (χ0v) is 15.9. The van der Waals surface area contributed by atoms with E-state index in [4.69, 9.17) is 4.74 Å². The molecule has 2 amide bonds. The Hall–Kier alpha value is -3.68. The molecule has 0 radical (unpaired) electrons. The molecule has 8 heteroatoms. The third-order valence-corrected chi connectivity index (χ3v) is 4.86. The zero-order valence-electron chi connectivity index (χ0n) is 15.9. The Morgan fingerprint density at radius 3 is 2.90 bits per heavy atom. The second kappa shape index (κ2) is 8.14. The molecule has 1 aliphatic rings. The summed E-state index contributed by atoms with van der Waals surface area (Å²) in [6.07, 6.45) is 7.36. The van der Waals surface area contributed by atoms with Crippen molar-refractivity contribution >= 4 is 17.5 Å². The molecule has 1 unspecified atom stereocenters. The minimum Gasteiger partial charge on any atom is -0.455 e. The number of hydrogen-bond donors (Lipinski definition) is 3. The Balaban J connectivity index is 1.34. The number of hydrogen-bond acceptors (Lipinski definition) is 5. The van der Waals surface area contributed by atoms with Crippen molar-refractivity contribution in [3.63, 3.8) is 0 Å². The number of carbonyl (C=O) groups excluding carboxylic acids is 2. The highest BCUT2D eigenvalue weighted by atomic mass is 16.5. The zero-order chi connectivity index (χ0) is 20.2. The summed E-state index contributed by atoms with van der Waals surface area (Å²) in [5.74, 6) is -0.0651. The Kier molecular flexibility index (Phi) is 5.24. The molecular formula is C21H21N5O3. The highest BCUT2D eigenvalue weighted by Gasteiger charge is 2.24. The summed E-state index contributed by atoms with van der Waals surface area (Å²) in [6.45, 7) is 1.87. The lowest BCUT2D eigenvalue weighted by molar-refractivity contribution is -0.136. The Labute approximate surface area is 167 Å². The Morgan fingerprint density at radius 1 is 1.21 bits per heavy atom. The van der Waals surface area contributed by atoms with E-state index in [2.05, 4.69) is 25.8 Å². The van der Waals surface area contributed by atoms with Crippen LogP contribution in [0.4, 0.5) is 5.69 Å². The van der Waals surface area contributed by atoms with Gasteiger partial charge in [-0.3, -0.25) is 19.7 Å². The quantitative estimate of drug-likeness (QED) is 0.592. The minimum absolute atomic E-state index is 0.0850. The van der Waals surface area contributed by atoms with E-state index in [1.807, 2.05) is 19.2 Å². The predicted octanol–water partition coefficient (Wildman–Crippen LogP) is 2.52. The van der Waals surface area contributed by atoms with E-state index in [0.717, 1.165) is 24.1 Å². The van der Waals surface area contributed by atoms with E-state index in [-0.39, 0.29) is 6.04 Å². The van der Waals surface area contributed by atoms with E-state index in [1.165, 1.54) is 5.56 Å². The second-order valence-corrected chi connectivity index (χ2v) is 7.01. The van der Waals surface area contributed by atoms with Crippen molar-refractivity contribution in [2.45, 2.75) is 32.2 Å². The highest BCUT2D eigenvalue weighted by molar-refractivity contribution is 6.39. The molecule has 1 atom stereocenters. The normalized spacial score (nSPS) is 15.3. The summed E-state index contributed by atoms with van der Waals surface area (Å²) < 4.78 is 5.78. The molecule has 1 aliphatic carbocycles. The molecule has 0 aliphatic heterocycles. The van der Waals surface area contributed by atoms with Crippen molar-refractivity contribution in [3.8, 4) is 11.5 Å². The van der Waals surface area contributed by atoms with E-state index in [9.17, 15) is 9.59 Å². The standard InChI is InChI=1S/C21H21N5O3/c1-13-9-15(6-7-19(13)29-17-3-2-8-22-12-17)24-20(27)21(28)25-16-5-4-14-11-23-26-18(14)10-16/h2-3,6-9,11-12,16H,4-5,10H2,1H3,(H,23,26)(H,24,27)(H,25,28). The van der Waals surface area contributed by atoms with Crippen molar-refractivity contribution in [2.75, 3.05) is 5.32 Å². The third kappa shape index (κ3) is 4.43. The lowest BCUT2D eigenvalue weighted by Gasteiger charge is -2.22. The number of nitrogens with one attached hydrogen (secondary N) is 3. The number of benzene rings is 1. The van der Waals surface area contributed by atoms with Crippen molar-refractivity contribution < 1.29 is 14.3 Å². The molecule has 0 bridgehead atoms. The lowest BCUT2D eigenvalue weighted by Crippen LogP contribution is -2.44. The van der Waals surface area contributed by atoms with Gasteiger partial charge in [0, 0.05) is 30.0 Å². The maximum atomic E-state index is 12.3. The van der Waals surface area contributed by atoms with Crippen LogP contribution in [0.25, 0.3) is 0 Å². The number of carbonyl (C=O) groups is 2. The molecule has 2 aromatic heterocycles. The number of aromatic nitrogens is 3. The minimum atomic E-state index is -0.694. The fraction of sp³-hybridized carbons (Fsp3) is 0.238. The maximum Gasteiger partial charge on any atom is 0.313 e. The van der Waals surface area contributed by atoms with Gasteiger partial charge in [0.15, 0.2) is 0 Å². The van der Waals surface area contributed by atoms with Crippen LogP contribution in [-0.4, -0.2) is 33.0 Å². The molecule has 0 saturated heterocycles. The van der Waals surface area contributed by atoms with E-state index < -0.39 is 11.8 Å². The third-order valence-electron chi connectivity index (χ3n) is 4.86. The summed E-state index contributed by atoms with van der Waals surface area (Å²) in [6, 6.07) is 8.71. The van der Waals surface area contributed by atoms with Gasteiger partial charge in [0.25, 0.3) is 0 Å². The first-order chi connectivity index (χ1) is 14.1. The summed E-state index contributed by atoms with van der Waals surface area (Å²) >= 11 is 0. The van der Waals surface area contributed by atoms with Crippen LogP contribution in [0.2, 0.25) is 0 Å². The van der Waals surface area contributed by atoms with Gasteiger partial charge in [-0.25, -0.2) is 0 Å². The van der Waals surface area contributed by atoms with E-state index in [1.54, 1.807) is 36.7 Å². The predicted molar refractivity (Wildman–Crippen MR) is 107 cm³/mol. The molecule has 8 nitrogen and oxygen atoms in total. The molecule has 4 rings (SSSR count). The Morgan fingerprint density at radius 2 is 2.10 bits per heavy atom. The monoisotopic (exact) mass is 391 g/mol. The van der Waals surface area contributed by atoms with Crippen molar-refractivity contribution in [2.24, 2.45) is 0 Å². The fourth-order valence-corrected chi connectivity index (χ4v) is 3.35. The number of amides is 2.